The molecule has 1 amide bonds. The van der Waals surface area contributed by atoms with Gasteiger partial charge in [0, 0.05) is 11.8 Å². The average Bonchev–Trinajstić information content (AvgIpc) is 2.68. The normalized spacial score (nSPS) is 10.2. The second-order valence-corrected chi connectivity index (χ2v) is 5.88. The maximum absolute atomic E-state index is 13.7. The van der Waals surface area contributed by atoms with Crippen molar-refractivity contribution in [2.45, 2.75) is 0 Å². The number of ether oxygens (including phenoxy) is 1. The zero-order chi connectivity index (χ0) is 21.0. The fourth-order valence-electron chi connectivity index (χ4n) is 2.57. The van der Waals surface area contributed by atoms with Crippen LogP contribution in [0.2, 0.25) is 0 Å². The third-order valence-corrected chi connectivity index (χ3v) is 3.90. The Kier molecular flexibility index (Phi) is 5.54. The molecule has 146 valence electrons. The molecule has 0 heterocycles. The number of carboxylic acids is 2. The van der Waals surface area contributed by atoms with Crippen molar-refractivity contribution < 1.29 is 33.7 Å². The SMILES string of the molecule is O=C(Nc1cccc(Oc2ccc(C(=O)O)c(C(=O)O)c2)c1)c1ccccc1F. The molecule has 3 aromatic rings. The van der Waals surface area contributed by atoms with E-state index >= 15 is 0 Å². The molecule has 0 atom stereocenters. The van der Waals surface area contributed by atoms with Crippen molar-refractivity contribution >= 4 is 23.5 Å². The van der Waals surface area contributed by atoms with Gasteiger partial charge in [-0.05, 0) is 42.5 Å². The molecule has 7 nitrogen and oxygen atoms in total. The summed E-state index contributed by atoms with van der Waals surface area (Å²) in [7, 11) is 0. The van der Waals surface area contributed by atoms with E-state index in [2.05, 4.69) is 5.32 Å². The van der Waals surface area contributed by atoms with Gasteiger partial charge >= 0.3 is 11.9 Å². The highest BCUT2D eigenvalue weighted by Gasteiger charge is 2.17. The predicted octanol–water partition coefficient (Wildman–Crippen LogP) is 4.27. The van der Waals surface area contributed by atoms with Crippen molar-refractivity contribution in [2.75, 3.05) is 5.32 Å². The first-order valence-electron chi connectivity index (χ1n) is 8.29. The number of nitrogens with one attached hydrogen (secondary N) is 1. The molecule has 8 heteroatoms. The summed E-state index contributed by atoms with van der Waals surface area (Å²) in [6.07, 6.45) is 0. The summed E-state index contributed by atoms with van der Waals surface area (Å²) >= 11 is 0. The van der Waals surface area contributed by atoms with Crippen LogP contribution in [-0.4, -0.2) is 28.1 Å². The minimum absolute atomic E-state index is 0.102. The second kappa shape index (κ2) is 8.22. The number of hydrogen-bond acceptors (Lipinski definition) is 4. The van der Waals surface area contributed by atoms with Crippen molar-refractivity contribution in [3.63, 3.8) is 0 Å². The lowest BCUT2D eigenvalue weighted by molar-refractivity contribution is 0.0651. The van der Waals surface area contributed by atoms with E-state index in [4.69, 9.17) is 9.84 Å². The summed E-state index contributed by atoms with van der Waals surface area (Å²) in [6, 6.07) is 15.3. The van der Waals surface area contributed by atoms with Gasteiger partial charge in [-0.1, -0.05) is 18.2 Å². The van der Waals surface area contributed by atoms with Crippen molar-refractivity contribution in [3.8, 4) is 11.5 Å². The predicted molar refractivity (Wildman–Crippen MR) is 101 cm³/mol. The van der Waals surface area contributed by atoms with E-state index in [1.165, 1.54) is 30.3 Å². The van der Waals surface area contributed by atoms with Gasteiger partial charge in [-0.3, -0.25) is 4.79 Å². The Morgan fingerprint density at radius 2 is 1.45 bits per heavy atom. The van der Waals surface area contributed by atoms with Crippen LogP contribution in [0.1, 0.15) is 31.1 Å². The number of anilines is 1. The quantitative estimate of drug-likeness (QED) is 0.575. The topological polar surface area (TPSA) is 113 Å². The average molecular weight is 395 g/mol. The molecule has 0 radical (unpaired) electrons. The van der Waals surface area contributed by atoms with Gasteiger partial charge < -0.3 is 20.3 Å². The molecule has 3 rings (SSSR count). The Balaban J connectivity index is 1.81. The first-order chi connectivity index (χ1) is 13.8. The fourth-order valence-corrected chi connectivity index (χ4v) is 2.57. The van der Waals surface area contributed by atoms with E-state index in [1.807, 2.05) is 0 Å². The van der Waals surface area contributed by atoms with Crippen molar-refractivity contribution in [2.24, 2.45) is 0 Å². The zero-order valence-corrected chi connectivity index (χ0v) is 14.8. The van der Waals surface area contributed by atoms with Gasteiger partial charge in [-0.25, -0.2) is 14.0 Å². The Morgan fingerprint density at radius 3 is 2.14 bits per heavy atom. The molecule has 0 aromatic heterocycles. The van der Waals surface area contributed by atoms with Gasteiger partial charge in [0.25, 0.3) is 5.91 Å². The third-order valence-electron chi connectivity index (χ3n) is 3.90. The largest absolute Gasteiger partial charge is 0.478 e. The Hall–Kier alpha value is -4.20. The summed E-state index contributed by atoms with van der Waals surface area (Å²) in [4.78, 5) is 34.6. The third kappa shape index (κ3) is 4.56. The number of hydrogen-bond donors (Lipinski definition) is 3. The summed E-state index contributed by atoms with van der Waals surface area (Å²) in [6.45, 7) is 0. The highest BCUT2D eigenvalue weighted by Crippen LogP contribution is 2.27. The number of halogens is 1. The molecule has 3 N–H and O–H groups in total. The van der Waals surface area contributed by atoms with Crippen LogP contribution in [-0.2, 0) is 0 Å². The van der Waals surface area contributed by atoms with Crippen LogP contribution in [0.3, 0.4) is 0 Å². The van der Waals surface area contributed by atoms with Crippen molar-refractivity contribution in [1.82, 2.24) is 0 Å². The minimum atomic E-state index is -1.40. The van der Waals surface area contributed by atoms with Gasteiger partial charge in [0.2, 0.25) is 0 Å². The minimum Gasteiger partial charge on any atom is -0.478 e. The van der Waals surface area contributed by atoms with Gasteiger partial charge in [-0.2, -0.15) is 0 Å². The smallest absolute Gasteiger partial charge is 0.336 e. The lowest BCUT2D eigenvalue weighted by Crippen LogP contribution is -2.13. The van der Waals surface area contributed by atoms with Gasteiger partial charge in [0.15, 0.2) is 0 Å². The molecule has 0 bridgehead atoms. The number of rotatable bonds is 6. The zero-order valence-electron chi connectivity index (χ0n) is 14.8. The number of carboxylic acid groups (broad SMARTS) is 2. The molecule has 0 aliphatic heterocycles. The van der Waals surface area contributed by atoms with Crippen LogP contribution in [0.15, 0.2) is 66.7 Å². The monoisotopic (exact) mass is 395 g/mol. The molecule has 29 heavy (non-hydrogen) atoms. The standard InChI is InChI=1S/C21H14FNO6/c22-18-7-2-1-6-16(18)19(24)23-12-4-3-5-13(10-12)29-14-8-9-15(20(25)26)17(11-14)21(27)28/h1-11H,(H,23,24)(H,25,26)(H,27,28). The maximum Gasteiger partial charge on any atom is 0.336 e. The van der Waals surface area contributed by atoms with Crippen LogP contribution in [0.25, 0.3) is 0 Å². The van der Waals surface area contributed by atoms with Crippen LogP contribution >= 0.6 is 0 Å². The molecule has 0 fully saturated rings. The lowest BCUT2D eigenvalue weighted by atomic mass is 10.1. The van der Waals surface area contributed by atoms with Gasteiger partial charge in [-0.15, -0.1) is 0 Å². The highest BCUT2D eigenvalue weighted by molar-refractivity contribution is 6.04. The molecule has 0 spiro atoms. The molecule has 0 saturated heterocycles. The van der Waals surface area contributed by atoms with E-state index in [1.54, 1.807) is 24.3 Å². The molecule has 0 saturated carbocycles. The highest BCUT2D eigenvalue weighted by atomic mass is 19.1. The molecular weight excluding hydrogens is 381 g/mol. The Morgan fingerprint density at radius 1 is 0.759 bits per heavy atom. The fraction of sp³-hybridized carbons (Fsp3) is 0. The van der Waals surface area contributed by atoms with Gasteiger partial charge in [0.05, 0.1) is 16.7 Å². The summed E-state index contributed by atoms with van der Waals surface area (Å²) in [5.41, 5.74) is -0.569. The number of benzene rings is 3. The number of carbonyl (C=O) groups excluding carboxylic acids is 1. The molecule has 0 aliphatic rings. The van der Waals surface area contributed by atoms with E-state index in [0.717, 1.165) is 12.1 Å². The van der Waals surface area contributed by atoms with E-state index in [-0.39, 0.29) is 22.6 Å². The second-order valence-electron chi connectivity index (χ2n) is 5.88. The summed E-state index contributed by atoms with van der Waals surface area (Å²) in [5.74, 6) is -3.71. The van der Waals surface area contributed by atoms with E-state index < -0.39 is 29.2 Å². The van der Waals surface area contributed by atoms with E-state index in [9.17, 15) is 23.9 Å². The molecule has 0 unspecified atom stereocenters. The van der Waals surface area contributed by atoms with E-state index in [0.29, 0.717) is 5.69 Å². The van der Waals surface area contributed by atoms with Crippen molar-refractivity contribution in [3.05, 3.63) is 89.2 Å². The maximum atomic E-state index is 13.7. The summed E-state index contributed by atoms with van der Waals surface area (Å²) in [5, 5.41) is 20.8. The number of aromatic carboxylic acids is 2. The van der Waals surface area contributed by atoms with Crippen LogP contribution < -0.4 is 10.1 Å². The van der Waals surface area contributed by atoms with Crippen molar-refractivity contribution in [1.29, 1.82) is 0 Å². The van der Waals surface area contributed by atoms with Crippen LogP contribution in [0.5, 0.6) is 11.5 Å². The van der Waals surface area contributed by atoms with Crippen LogP contribution in [0, 0.1) is 5.82 Å². The van der Waals surface area contributed by atoms with Gasteiger partial charge in [0.1, 0.15) is 17.3 Å². The Bertz CT molecular complexity index is 1110. The first-order valence-corrected chi connectivity index (χ1v) is 8.29. The lowest BCUT2D eigenvalue weighted by Gasteiger charge is -2.10. The summed E-state index contributed by atoms with van der Waals surface area (Å²) < 4.78 is 19.3. The number of carbonyl (C=O) groups is 3. The molecule has 3 aromatic carbocycles. The number of amides is 1. The van der Waals surface area contributed by atoms with Crippen LogP contribution in [0.4, 0.5) is 10.1 Å². The molecule has 0 aliphatic carbocycles. The Labute approximate surface area is 164 Å². The molecular formula is C21H14FNO6. The first kappa shape index (κ1) is 19.6.